The number of fused-ring (bicyclic) bond motifs is 1. The fourth-order valence-corrected chi connectivity index (χ4v) is 4.98. The average molecular weight is 506 g/mol. The zero-order chi connectivity index (χ0) is 27.3. The molecule has 2 aliphatic rings. The Kier molecular flexibility index (Phi) is 10.1. The van der Waals surface area contributed by atoms with Gasteiger partial charge in [0.15, 0.2) is 0 Å². The third-order valence-electron chi connectivity index (χ3n) is 7.13. The van der Waals surface area contributed by atoms with E-state index in [2.05, 4.69) is 20.9 Å². The minimum Gasteiger partial charge on any atom is -0.356 e. The summed E-state index contributed by atoms with van der Waals surface area (Å²) >= 11 is 0. The third-order valence-corrected chi connectivity index (χ3v) is 7.13. The molecule has 0 aromatic carbocycles. The Morgan fingerprint density at radius 2 is 1.72 bits per heavy atom. The van der Waals surface area contributed by atoms with Gasteiger partial charge in [0.25, 0.3) is 0 Å². The normalized spacial score (nSPS) is 29.4. The fraction of sp³-hybridized carbons (Fsp3) is 0.815. The lowest BCUT2D eigenvalue weighted by molar-refractivity contribution is -0.144. The lowest BCUT2D eigenvalue weighted by Crippen LogP contribution is -2.57. The van der Waals surface area contributed by atoms with E-state index in [1.165, 1.54) is 4.90 Å². The van der Waals surface area contributed by atoms with Crippen molar-refractivity contribution in [2.24, 2.45) is 27.7 Å². The molecule has 2 rings (SSSR count). The van der Waals surface area contributed by atoms with Crippen molar-refractivity contribution in [3.05, 3.63) is 0 Å². The Bertz CT molecular complexity index is 842. The summed E-state index contributed by atoms with van der Waals surface area (Å²) in [6.45, 7) is 12.1. The number of hydrogen-bond acceptors (Lipinski definition) is 5. The molecule has 5 atom stereocenters. The van der Waals surface area contributed by atoms with Gasteiger partial charge in [-0.1, -0.05) is 54.4 Å². The first-order valence-electron chi connectivity index (χ1n) is 13.2. The SMILES string of the molecule is CN=C[C@@H]1C[C@@H]2C(=O)NC[C@@H]2CCCC[C@H](NC(=O)C(C)(C)C)C(=O)N(C)[C@@H](CC(C)(C)C)C(=O)N1. The second-order valence-corrected chi connectivity index (χ2v) is 12.7. The van der Waals surface area contributed by atoms with Crippen LogP contribution in [0.15, 0.2) is 4.99 Å². The second-order valence-electron chi connectivity index (χ2n) is 12.7. The van der Waals surface area contributed by atoms with Crippen molar-refractivity contribution in [3.63, 3.8) is 0 Å². The predicted molar refractivity (Wildman–Crippen MR) is 141 cm³/mol. The van der Waals surface area contributed by atoms with Gasteiger partial charge >= 0.3 is 0 Å². The highest BCUT2D eigenvalue weighted by Gasteiger charge is 2.39. The smallest absolute Gasteiger partial charge is 0.245 e. The summed E-state index contributed by atoms with van der Waals surface area (Å²) in [6, 6.07) is -1.85. The van der Waals surface area contributed by atoms with Crippen molar-refractivity contribution in [2.75, 3.05) is 20.6 Å². The zero-order valence-corrected chi connectivity index (χ0v) is 23.4. The van der Waals surface area contributed by atoms with Crippen LogP contribution in [-0.4, -0.2) is 73.5 Å². The topological polar surface area (TPSA) is 120 Å². The minimum atomic E-state index is -0.726. The maximum atomic E-state index is 13.7. The van der Waals surface area contributed by atoms with Gasteiger partial charge in [0, 0.05) is 38.2 Å². The maximum Gasteiger partial charge on any atom is 0.245 e. The molecule has 2 fully saturated rings. The van der Waals surface area contributed by atoms with Crippen LogP contribution in [0.3, 0.4) is 0 Å². The molecule has 0 unspecified atom stereocenters. The van der Waals surface area contributed by atoms with Crippen molar-refractivity contribution in [3.8, 4) is 0 Å². The van der Waals surface area contributed by atoms with Crippen LogP contribution in [0, 0.1) is 22.7 Å². The van der Waals surface area contributed by atoms with E-state index in [1.54, 1.807) is 20.3 Å². The lowest BCUT2D eigenvalue weighted by atomic mass is 9.84. The molecular formula is C27H47N5O4. The first-order chi connectivity index (χ1) is 16.6. The number of carbonyl (C=O) groups is 4. The molecule has 0 spiro atoms. The van der Waals surface area contributed by atoms with Gasteiger partial charge in [-0.15, -0.1) is 0 Å². The van der Waals surface area contributed by atoms with Crippen LogP contribution in [0.25, 0.3) is 0 Å². The maximum absolute atomic E-state index is 13.7. The number of aliphatic imine (C=N–C) groups is 1. The second kappa shape index (κ2) is 12.2. The van der Waals surface area contributed by atoms with Crippen LogP contribution in [-0.2, 0) is 19.2 Å². The quantitative estimate of drug-likeness (QED) is 0.510. The number of nitrogens with zero attached hydrogens (tertiary/aromatic N) is 2. The van der Waals surface area contributed by atoms with Crippen LogP contribution in [0.2, 0.25) is 0 Å². The van der Waals surface area contributed by atoms with E-state index in [-0.39, 0.29) is 40.9 Å². The van der Waals surface area contributed by atoms with Crippen molar-refractivity contribution < 1.29 is 19.2 Å². The summed E-state index contributed by atoms with van der Waals surface area (Å²) in [7, 11) is 3.29. The summed E-state index contributed by atoms with van der Waals surface area (Å²) in [5.74, 6) is -0.754. The van der Waals surface area contributed by atoms with Crippen molar-refractivity contribution in [1.29, 1.82) is 0 Å². The summed E-state index contributed by atoms with van der Waals surface area (Å²) in [5.41, 5.74) is -0.868. The van der Waals surface area contributed by atoms with E-state index in [0.29, 0.717) is 25.8 Å². The molecular weight excluding hydrogens is 458 g/mol. The molecule has 4 amide bonds. The molecule has 0 aromatic rings. The molecule has 9 heteroatoms. The molecule has 36 heavy (non-hydrogen) atoms. The number of likely N-dealkylation sites (N-methyl/N-ethyl adjacent to an activating group) is 1. The molecule has 0 saturated carbocycles. The predicted octanol–water partition coefficient (Wildman–Crippen LogP) is 2.29. The highest BCUT2D eigenvalue weighted by Crippen LogP contribution is 2.29. The van der Waals surface area contributed by atoms with Crippen LogP contribution >= 0.6 is 0 Å². The first kappa shape index (κ1) is 29.8. The summed E-state index contributed by atoms with van der Waals surface area (Å²) < 4.78 is 0. The summed E-state index contributed by atoms with van der Waals surface area (Å²) in [4.78, 5) is 58.4. The Morgan fingerprint density at radius 1 is 1.08 bits per heavy atom. The van der Waals surface area contributed by atoms with Gasteiger partial charge in [-0.2, -0.15) is 0 Å². The lowest BCUT2D eigenvalue weighted by Gasteiger charge is -2.36. The third kappa shape index (κ3) is 8.30. The van der Waals surface area contributed by atoms with E-state index in [1.807, 2.05) is 41.5 Å². The molecule has 0 bridgehead atoms. The highest BCUT2D eigenvalue weighted by atomic mass is 16.2. The van der Waals surface area contributed by atoms with Crippen LogP contribution in [0.1, 0.15) is 80.1 Å². The molecule has 204 valence electrons. The van der Waals surface area contributed by atoms with Crippen LogP contribution < -0.4 is 16.0 Å². The molecule has 3 N–H and O–H groups in total. The van der Waals surface area contributed by atoms with Gasteiger partial charge in [0.05, 0.1) is 6.04 Å². The number of nitrogens with one attached hydrogen (secondary N) is 3. The number of hydrogen-bond donors (Lipinski definition) is 3. The van der Waals surface area contributed by atoms with E-state index in [9.17, 15) is 19.2 Å². The fourth-order valence-electron chi connectivity index (χ4n) is 4.98. The average Bonchev–Trinajstić information content (AvgIpc) is 3.10. The van der Waals surface area contributed by atoms with Gasteiger partial charge in [0.1, 0.15) is 12.1 Å². The van der Waals surface area contributed by atoms with Crippen molar-refractivity contribution in [1.82, 2.24) is 20.9 Å². The van der Waals surface area contributed by atoms with E-state index >= 15 is 0 Å². The van der Waals surface area contributed by atoms with E-state index in [4.69, 9.17) is 0 Å². The van der Waals surface area contributed by atoms with Gasteiger partial charge in [-0.05, 0) is 37.0 Å². The molecule has 0 aliphatic carbocycles. The molecule has 2 heterocycles. The largest absolute Gasteiger partial charge is 0.356 e. The van der Waals surface area contributed by atoms with E-state index < -0.39 is 23.5 Å². The van der Waals surface area contributed by atoms with Crippen LogP contribution in [0.4, 0.5) is 0 Å². The van der Waals surface area contributed by atoms with Gasteiger partial charge in [-0.3, -0.25) is 24.2 Å². The Morgan fingerprint density at radius 3 is 2.31 bits per heavy atom. The number of rotatable bonds is 3. The van der Waals surface area contributed by atoms with Gasteiger partial charge < -0.3 is 20.9 Å². The van der Waals surface area contributed by atoms with Gasteiger partial charge in [0.2, 0.25) is 23.6 Å². The Balaban J connectivity index is 2.43. The monoisotopic (exact) mass is 505 g/mol. The Hall–Kier alpha value is -2.45. The Labute approximate surface area is 216 Å². The van der Waals surface area contributed by atoms with Crippen molar-refractivity contribution >= 4 is 29.8 Å². The van der Waals surface area contributed by atoms with E-state index in [0.717, 1.165) is 19.3 Å². The standard InChI is InChI=1S/C27H47N5O4/c1-26(2,3)14-21-23(34)30-18(16-28-7)13-19-17(15-29-22(19)33)11-9-10-12-20(24(35)32(21)8)31-25(36)27(4,5)6/h16-21H,9-15H2,1-8H3,(H,29,33)(H,30,34)(H,31,36)/t17-,18-,19-,20-,21-/m0/s1. The molecule has 2 aliphatic heterocycles. The minimum absolute atomic E-state index is 0.0182. The molecule has 0 aromatic heterocycles. The zero-order valence-electron chi connectivity index (χ0n) is 23.4. The highest BCUT2D eigenvalue weighted by molar-refractivity contribution is 5.93. The molecule has 9 nitrogen and oxygen atoms in total. The van der Waals surface area contributed by atoms with Crippen LogP contribution in [0.5, 0.6) is 0 Å². The van der Waals surface area contributed by atoms with Gasteiger partial charge in [-0.25, -0.2) is 0 Å². The number of amides is 4. The summed E-state index contributed by atoms with van der Waals surface area (Å²) in [5, 5.41) is 8.99. The molecule has 0 radical (unpaired) electrons. The molecule has 2 saturated heterocycles. The number of carbonyl (C=O) groups excluding carboxylic acids is 4. The first-order valence-corrected chi connectivity index (χ1v) is 13.2. The van der Waals surface area contributed by atoms with Crippen molar-refractivity contribution in [2.45, 2.75) is 98.2 Å². The summed E-state index contributed by atoms with van der Waals surface area (Å²) in [6.07, 6.45) is 5.51.